The summed E-state index contributed by atoms with van der Waals surface area (Å²) >= 11 is 0. The van der Waals surface area contributed by atoms with E-state index in [0.717, 1.165) is 18.7 Å². The number of carbonyl (C=O) groups is 1. The Morgan fingerprint density at radius 2 is 2.19 bits per heavy atom. The van der Waals surface area contributed by atoms with Crippen molar-refractivity contribution < 1.29 is 19.4 Å². The van der Waals surface area contributed by atoms with Gasteiger partial charge in [0.25, 0.3) is 5.56 Å². The Morgan fingerprint density at radius 3 is 2.88 bits per heavy atom. The lowest BCUT2D eigenvalue weighted by molar-refractivity contribution is -0.139. The van der Waals surface area contributed by atoms with Crippen molar-refractivity contribution in [2.45, 2.75) is 19.6 Å². The van der Waals surface area contributed by atoms with Crippen LogP contribution in [0, 0.1) is 6.92 Å². The third-order valence-corrected chi connectivity index (χ3v) is 4.05. The van der Waals surface area contributed by atoms with Gasteiger partial charge in [-0.15, -0.1) is 0 Å². The minimum Gasteiger partial charge on any atom is -0.482 e. The fourth-order valence-corrected chi connectivity index (χ4v) is 2.89. The molecule has 1 atom stereocenters. The van der Waals surface area contributed by atoms with Gasteiger partial charge in [-0.05, 0) is 24.6 Å². The maximum atomic E-state index is 11.6. The van der Waals surface area contributed by atoms with Crippen molar-refractivity contribution in [2.24, 2.45) is 0 Å². The summed E-state index contributed by atoms with van der Waals surface area (Å²) in [6.07, 6.45) is -0.233. The summed E-state index contributed by atoms with van der Waals surface area (Å²) < 4.78 is 10.9. The second kappa shape index (κ2) is 8.11. The van der Waals surface area contributed by atoms with Crippen molar-refractivity contribution in [2.75, 3.05) is 26.3 Å². The van der Waals surface area contributed by atoms with E-state index in [1.165, 1.54) is 6.07 Å². The minimum absolute atomic E-state index is 0.176. The number of H-pyrrole nitrogens is 1. The first-order valence-electron chi connectivity index (χ1n) is 8.35. The molecule has 1 fully saturated rings. The first-order valence-corrected chi connectivity index (χ1v) is 8.35. The molecule has 0 radical (unpaired) electrons. The fraction of sp³-hybridized carbons (Fsp3) is 0.389. The second-order valence-corrected chi connectivity index (χ2v) is 6.18. The number of nitrogens with zero attached hydrogens (tertiary/aromatic N) is 2. The van der Waals surface area contributed by atoms with Crippen LogP contribution >= 0.6 is 0 Å². The fourth-order valence-electron chi connectivity index (χ4n) is 2.89. The molecule has 1 saturated heterocycles. The molecule has 1 aromatic carbocycles. The van der Waals surface area contributed by atoms with Crippen molar-refractivity contribution in [3.8, 4) is 5.75 Å². The lowest BCUT2D eigenvalue weighted by Crippen LogP contribution is -2.38. The SMILES string of the molecule is Cc1nc([C@@H]2CN(Cc3ccc(OCC(=O)O)cc3)CCO2)cc(=O)[nH]1. The molecule has 0 aliphatic carbocycles. The highest BCUT2D eigenvalue weighted by Crippen LogP contribution is 2.22. The predicted molar refractivity (Wildman–Crippen MR) is 93.1 cm³/mol. The van der Waals surface area contributed by atoms with E-state index in [9.17, 15) is 9.59 Å². The summed E-state index contributed by atoms with van der Waals surface area (Å²) in [5.74, 6) is 0.0985. The van der Waals surface area contributed by atoms with Crippen LogP contribution in [0.25, 0.3) is 0 Å². The Kier molecular flexibility index (Phi) is 5.65. The molecular weight excluding hydrogens is 338 g/mol. The van der Waals surface area contributed by atoms with E-state index in [2.05, 4.69) is 14.9 Å². The molecular formula is C18H21N3O5. The number of carboxylic acids is 1. The summed E-state index contributed by atoms with van der Waals surface area (Å²) in [5, 5.41) is 8.63. The molecule has 0 bridgehead atoms. The molecule has 1 aromatic heterocycles. The van der Waals surface area contributed by atoms with Crippen LogP contribution in [0.5, 0.6) is 5.75 Å². The van der Waals surface area contributed by atoms with Gasteiger partial charge in [0.15, 0.2) is 6.61 Å². The van der Waals surface area contributed by atoms with Crippen molar-refractivity contribution in [3.05, 3.63) is 57.8 Å². The second-order valence-electron chi connectivity index (χ2n) is 6.18. The number of benzene rings is 1. The quantitative estimate of drug-likeness (QED) is 0.796. The van der Waals surface area contributed by atoms with Gasteiger partial charge in [0, 0.05) is 25.7 Å². The van der Waals surface area contributed by atoms with Gasteiger partial charge in [-0.2, -0.15) is 0 Å². The number of hydrogen-bond donors (Lipinski definition) is 2. The van der Waals surface area contributed by atoms with E-state index >= 15 is 0 Å². The summed E-state index contributed by atoms with van der Waals surface area (Å²) in [7, 11) is 0. The number of aromatic amines is 1. The van der Waals surface area contributed by atoms with Gasteiger partial charge in [0.05, 0.1) is 12.3 Å². The van der Waals surface area contributed by atoms with Crippen LogP contribution in [0.2, 0.25) is 0 Å². The number of aromatic nitrogens is 2. The van der Waals surface area contributed by atoms with Gasteiger partial charge in [-0.3, -0.25) is 9.69 Å². The van der Waals surface area contributed by atoms with Gasteiger partial charge < -0.3 is 19.6 Å². The average molecular weight is 359 g/mol. The van der Waals surface area contributed by atoms with Crippen molar-refractivity contribution >= 4 is 5.97 Å². The molecule has 0 saturated carbocycles. The molecule has 8 nitrogen and oxygen atoms in total. The number of hydrogen-bond acceptors (Lipinski definition) is 6. The van der Waals surface area contributed by atoms with Gasteiger partial charge >= 0.3 is 5.97 Å². The molecule has 26 heavy (non-hydrogen) atoms. The van der Waals surface area contributed by atoms with E-state index in [0.29, 0.717) is 30.4 Å². The third kappa shape index (κ3) is 4.90. The first-order chi connectivity index (χ1) is 12.5. The molecule has 2 aromatic rings. The molecule has 2 heterocycles. The Morgan fingerprint density at radius 1 is 1.42 bits per heavy atom. The zero-order chi connectivity index (χ0) is 18.5. The number of carboxylic acid groups (broad SMARTS) is 1. The Bertz CT molecular complexity index is 818. The number of rotatable bonds is 6. The smallest absolute Gasteiger partial charge is 0.341 e. The largest absolute Gasteiger partial charge is 0.482 e. The molecule has 0 unspecified atom stereocenters. The highest BCUT2D eigenvalue weighted by atomic mass is 16.5. The van der Waals surface area contributed by atoms with Crippen LogP contribution < -0.4 is 10.3 Å². The topological polar surface area (TPSA) is 105 Å². The van der Waals surface area contributed by atoms with Crippen LogP contribution in [-0.2, 0) is 16.1 Å². The zero-order valence-corrected chi connectivity index (χ0v) is 14.5. The number of ether oxygens (including phenoxy) is 2. The Balaban J connectivity index is 1.61. The van der Waals surface area contributed by atoms with Crippen LogP contribution in [0.1, 0.15) is 23.2 Å². The molecule has 0 amide bonds. The van der Waals surface area contributed by atoms with E-state index in [1.54, 1.807) is 19.1 Å². The molecule has 8 heteroatoms. The zero-order valence-electron chi connectivity index (χ0n) is 14.5. The third-order valence-electron chi connectivity index (χ3n) is 4.05. The molecule has 138 valence electrons. The van der Waals surface area contributed by atoms with E-state index in [1.807, 2.05) is 12.1 Å². The number of aliphatic carboxylic acids is 1. The van der Waals surface area contributed by atoms with Crippen LogP contribution in [-0.4, -0.2) is 52.2 Å². The number of aryl methyl sites for hydroxylation is 1. The predicted octanol–water partition coefficient (Wildman–Crippen LogP) is 1.12. The van der Waals surface area contributed by atoms with Gasteiger partial charge in [0.1, 0.15) is 17.7 Å². The Labute approximate surface area is 150 Å². The standard InChI is InChI=1S/C18H21N3O5/c1-12-19-15(8-17(22)20-12)16-10-21(6-7-25-16)9-13-2-4-14(5-3-13)26-11-18(23)24/h2-5,8,16H,6-7,9-11H2,1H3,(H,23,24)(H,19,20,22)/t16-/m0/s1. The molecule has 2 N–H and O–H groups in total. The maximum absolute atomic E-state index is 11.6. The summed E-state index contributed by atoms with van der Waals surface area (Å²) in [5.41, 5.74) is 1.56. The van der Waals surface area contributed by atoms with Crippen LogP contribution in [0.4, 0.5) is 0 Å². The number of nitrogens with one attached hydrogen (secondary N) is 1. The van der Waals surface area contributed by atoms with Crippen molar-refractivity contribution in [1.82, 2.24) is 14.9 Å². The van der Waals surface area contributed by atoms with Crippen molar-refractivity contribution in [1.29, 1.82) is 0 Å². The summed E-state index contributed by atoms with van der Waals surface area (Å²) in [6.45, 7) is 4.12. The van der Waals surface area contributed by atoms with Gasteiger partial charge in [-0.1, -0.05) is 12.1 Å². The lowest BCUT2D eigenvalue weighted by atomic mass is 10.1. The highest BCUT2D eigenvalue weighted by Gasteiger charge is 2.23. The molecule has 3 rings (SSSR count). The lowest BCUT2D eigenvalue weighted by Gasteiger charge is -2.32. The minimum atomic E-state index is -1.00. The maximum Gasteiger partial charge on any atom is 0.341 e. The first kappa shape index (κ1) is 18.1. The van der Waals surface area contributed by atoms with E-state index < -0.39 is 5.97 Å². The average Bonchev–Trinajstić information content (AvgIpc) is 2.60. The highest BCUT2D eigenvalue weighted by molar-refractivity contribution is 5.68. The normalized spacial score (nSPS) is 17.8. The monoisotopic (exact) mass is 359 g/mol. The van der Waals surface area contributed by atoms with E-state index in [-0.39, 0.29) is 18.3 Å². The van der Waals surface area contributed by atoms with E-state index in [4.69, 9.17) is 14.6 Å². The van der Waals surface area contributed by atoms with Gasteiger partial charge in [0.2, 0.25) is 0 Å². The summed E-state index contributed by atoms with van der Waals surface area (Å²) in [6, 6.07) is 8.83. The van der Waals surface area contributed by atoms with Crippen LogP contribution in [0.15, 0.2) is 35.1 Å². The Hall–Kier alpha value is -2.71. The molecule has 1 aliphatic heterocycles. The summed E-state index contributed by atoms with van der Waals surface area (Å²) in [4.78, 5) is 31.4. The number of morpholine rings is 1. The van der Waals surface area contributed by atoms with Crippen molar-refractivity contribution in [3.63, 3.8) is 0 Å². The van der Waals surface area contributed by atoms with Crippen LogP contribution in [0.3, 0.4) is 0 Å². The molecule has 1 aliphatic rings. The molecule has 0 spiro atoms. The van der Waals surface area contributed by atoms with Gasteiger partial charge in [-0.25, -0.2) is 9.78 Å².